The monoisotopic (exact) mass is 196 g/mol. The number of hydrogen-bond donors (Lipinski definition) is 0. The van der Waals surface area contributed by atoms with Gasteiger partial charge >= 0.3 is 0 Å². The van der Waals surface area contributed by atoms with Crippen molar-refractivity contribution in [2.75, 3.05) is 0 Å². The van der Waals surface area contributed by atoms with Crippen molar-refractivity contribution in [3.05, 3.63) is 35.2 Å². The van der Waals surface area contributed by atoms with E-state index in [1.807, 2.05) is 6.08 Å². The molecule has 0 amide bonds. The molecule has 0 aromatic rings. The van der Waals surface area contributed by atoms with Gasteiger partial charge in [-0.15, -0.1) is 0 Å². The molecule has 0 heterocycles. The van der Waals surface area contributed by atoms with Gasteiger partial charge in [0.15, 0.2) is 0 Å². The van der Waals surface area contributed by atoms with Crippen molar-refractivity contribution < 1.29 is 4.39 Å². The fraction of sp³-hybridized carbons (Fsp3) is 0.538. The summed E-state index contributed by atoms with van der Waals surface area (Å²) in [4.78, 5) is 0. The van der Waals surface area contributed by atoms with Crippen molar-refractivity contribution in [3.8, 4) is 0 Å². The lowest BCUT2D eigenvalue weighted by Crippen LogP contribution is -2.11. The van der Waals surface area contributed by atoms with Gasteiger partial charge in [-0.05, 0) is 43.4 Å². The number of allylic oxidation sites excluding steroid dienone is 5. The van der Waals surface area contributed by atoms with Crippen LogP contribution < -0.4 is 0 Å². The lowest BCUT2D eigenvalue weighted by molar-refractivity contribution is 0.509. The fourth-order valence-corrected chi connectivity index (χ4v) is 1.34. The zero-order valence-corrected chi connectivity index (χ0v) is 10.1. The Balaban J connectivity index is 5.25. The molecule has 0 aliphatic heterocycles. The maximum Gasteiger partial charge on any atom is 0.0867 e. The van der Waals surface area contributed by atoms with E-state index in [1.54, 1.807) is 0 Å². The molecule has 0 unspecified atom stereocenters. The highest BCUT2D eigenvalue weighted by Crippen LogP contribution is 2.32. The highest BCUT2D eigenvalue weighted by Gasteiger charge is 2.18. The first-order valence-corrected chi connectivity index (χ1v) is 4.92. The number of hydrogen-bond acceptors (Lipinski definition) is 0. The summed E-state index contributed by atoms with van der Waals surface area (Å²) in [6.07, 6.45) is 3.87. The predicted molar refractivity (Wildman–Crippen MR) is 61.8 cm³/mol. The van der Waals surface area contributed by atoms with Gasteiger partial charge in [0.1, 0.15) is 0 Å². The van der Waals surface area contributed by atoms with E-state index in [-0.39, 0.29) is 5.41 Å². The van der Waals surface area contributed by atoms with Crippen LogP contribution >= 0.6 is 0 Å². The highest BCUT2D eigenvalue weighted by atomic mass is 19.1. The predicted octanol–water partition coefficient (Wildman–Crippen LogP) is 4.80. The minimum absolute atomic E-state index is 0.0564. The maximum atomic E-state index is 12.0. The minimum atomic E-state index is 0.0564. The largest absolute Gasteiger partial charge is 0.216 e. The first-order chi connectivity index (χ1) is 6.30. The van der Waals surface area contributed by atoms with Crippen LogP contribution in [0, 0.1) is 5.41 Å². The summed E-state index contributed by atoms with van der Waals surface area (Å²) >= 11 is 0. The molecule has 0 aromatic carbocycles. The van der Waals surface area contributed by atoms with Gasteiger partial charge in [0, 0.05) is 0 Å². The lowest BCUT2D eigenvalue weighted by Gasteiger charge is -2.24. The molecule has 14 heavy (non-hydrogen) atoms. The van der Waals surface area contributed by atoms with Crippen molar-refractivity contribution in [2.45, 2.75) is 41.5 Å². The number of halogens is 1. The van der Waals surface area contributed by atoms with E-state index in [2.05, 4.69) is 41.5 Å². The SMILES string of the molecule is CC(C)=C(C)/C(=C\C=C\F)C(C)(C)C. The highest BCUT2D eigenvalue weighted by molar-refractivity contribution is 5.38. The lowest BCUT2D eigenvalue weighted by atomic mass is 9.81. The third-order valence-electron chi connectivity index (χ3n) is 2.30. The molecular formula is C13H21F. The Hall–Kier alpha value is -0.850. The minimum Gasteiger partial charge on any atom is -0.216 e. The molecule has 0 atom stereocenters. The Morgan fingerprint density at radius 1 is 1.07 bits per heavy atom. The molecule has 0 aliphatic rings. The summed E-state index contributed by atoms with van der Waals surface area (Å²) in [5.41, 5.74) is 3.77. The van der Waals surface area contributed by atoms with Crippen molar-refractivity contribution in [1.29, 1.82) is 0 Å². The molecule has 80 valence electrons. The van der Waals surface area contributed by atoms with Crippen LogP contribution in [-0.4, -0.2) is 0 Å². The van der Waals surface area contributed by atoms with Crippen LogP contribution in [-0.2, 0) is 0 Å². The van der Waals surface area contributed by atoms with E-state index >= 15 is 0 Å². The number of rotatable bonds is 2. The van der Waals surface area contributed by atoms with E-state index in [0.29, 0.717) is 6.33 Å². The van der Waals surface area contributed by atoms with E-state index in [9.17, 15) is 4.39 Å². The smallest absolute Gasteiger partial charge is 0.0867 e. The third-order valence-corrected chi connectivity index (χ3v) is 2.30. The maximum absolute atomic E-state index is 12.0. The molecule has 0 fully saturated rings. The standard InChI is InChI=1S/C13H21F/c1-10(2)11(3)12(8-7-9-14)13(4,5)6/h7-9H,1-6H3/b9-7+,12-8+. The van der Waals surface area contributed by atoms with Gasteiger partial charge in [-0.1, -0.05) is 32.4 Å². The Kier molecular flexibility index (Phi) is 4.82. The molecule has 0 aliphatic carbocycles. The van der Waals surface area contributed by atoms with Crippen LogP contribution in [0.25, 0.3) is 0 Å². The van der Waals surface area contributed by atoms with Crippen molar-refractivity contribution in [3.63, 3.8) is 0 Å². The van der Waals surface area contributed by atoms with Gasteiger partial charge in [0.2, 0.25) is 0 Å². The molecule has 0 nitrogen and oxygen atoms in total. The summed E-state index contributed by atoms with van der Waals surface area (Å²) in [5.74, 6) is 0. The van der Waals surface area contributed by atoms with Gasteiger partial charge in [-0.25, -0.2) is 4.39 Å². The van der Waals surface area contributed by atoms with Gasteiger partial charge in [-0.3, -0.25) is 0 Å². The van der Waals surface area contributed by atoms with Gasteiger partial charge < -0.3 is 0 Å². The van der Waals surface area contributed by atoms with Gasteiger partial charge in [-0.2, -0.15) is 0 Å². The van der Waals surface area contributed by atoms with Crippen molar-refractivity contribution in [1.82, 2.24) is 0 Å². The van der Waals surface area contributed by atoms with Crippen LogP contribution in [0.5, 0.6) is 0 Å². The summed E-state index contributed by atoms with van der Waals surface area (Å²) in [7, 11) is 0. The van der Waals surface area contributed by atoms with E-state index < -0.39 is 0 Å². The van der Waals surface area contributed by atoms with Crippen LogP contribution in [0.3, 0.4) is 0 Å². The quantitative estimate of drug-likeness (QED) is 0.556. The Morgan fingerprint density at radius 2 is 1.57 bits per heavy atom. The summed E-state index contributed by atoms with van der Waals surface area (Å²) in [6, 6.07) is 0. The molecule has 0 bridgehead atoms. The van der Waals surface area contributed by atoms with Crippen LogP contribution in [0.2, 0.25) is 0 Å². The van der Waals surface area contributed by atoms with E-state index in [1.165, 1.54) is 22.8 Å². The Morgan fingerprint density at radius 3 is 1.86 bits per heavy atom. The molecule has 0 aromatic heterocycles. The fourth-order valence-electron chi connectivity index (χ4n) is 1.34. The first kappa shape index (κ1) is 13.2. The Bertz CT molecular complexity index is 268. The second kappa shape index (κ2) is 5.14. The molecule has 1 heteroatoms. The zero-order valence-electron chi connectivity index (χ0n) is 10.1. The Labute approximate surface area is 87.2 Å². The van der Waals surface area contributed by atoms with Gasteiger partial charge in [0.25, 0.3) is 0 Å². The molecular weight excluding hydrogens is 175 g/mol. The van der Waals surface area contributed by atoms with Crippen molar-refractivity contribution >= 4 is 0 Å². The zero-order chi connectivity index (χ0) is 11.4. The van der Waals surface area contributed by atoms with E-state index in [4.69, 9.17) is 0 Å². The first-order valence-electron chi connectivity index (χ1n) is 4.92. The molecule has 0 saturated carbocycles. The van der Waals surface area contributed by atoms with Crippen LogP contribution in [0.15, 0.2) is 35.2 Å². The van der Waals surface area contributed by atoms with Crippen LogP contribution in [0.4, 0.5) is 4.39 Å². The average molecular weight is 196 g/mol. The van der Waals surface area contributed by atoms with Crippen LogP contribution in [0.1, 0.15) is 41.5 Å². The molecule has 0 spiro atoms. The van der Waals surface area contributed by atoms with E-state index in [0.717, 1.165) is 0 Å². The molecule has 0 radical (unpaired) electrons. The summed E-state index contributed by atoms with van der Waals surface area (Å²) in [6.45, 7) is 12.6. The molecule has 0 saturated heterocycles. The van der Waals surface area contributed by atoms with Gasteiger partial charge in [0.05, 0.1) is 6.33 Å². The third kappa shape index (κ3) is 3.91. The second-order valence-corrected chi connectivity index (χ2v) is 4.77. The van der Waals surface area contributed by atoms with Crippen molar-refractivity contribution in [2.24, 2.45) is 5.41 Å². The normalized spacial score (nSPS) is 13.5. The molecule has 0 rings (SSSR count). The second-order valence-electron chi connectivity index (χ2n) is 4.77. The average Bonchev–Trinajstić information content (AvgIpc) is 2.02. The molecule has 0 N–H and O–H groups in total. The summed E-state index contributed by atoms with van der Waals surface area (Å²) < 4.78 is 12.0. The summed E-state index contributed by atoms with van der Waals surface area (Å²) in [5, 5.41) is 0. The topological polar surface area (TPSA) is 0 Å².